The van der Waals surface area contributed by atoms with E-state index in [0.29, 0.717) is 18.9 Å². The average Bonchev–Trinajstić information content (AvgIpc) is 3.14. The van der Waals surface area contributed by atoms with Crippen LogP contribution in [0.25, 0.3) is 11.5 Å². The van der Waals surface area contributed by atoms with Gasteiger partial charge in [0.15, 0.2) is 5.82 Å². The molecule has 2 aromatic heterocycles. The number of H-pyrrole nitrogens is 1. The fraction of sp³-hybridized carbons (Fsp3) is 0.529. The molecule has 24 heavy (non-hydrogen) atoms. The molecule has 1 fully saturated rings. The monoisotopic (exact) mass is 329 g/mol. The van der Waals surface area contributed by atoms with Gasteiger partial charge in [-0.2, -0.15) is 0 Å². The molecule has 1 aliphatic rings. The maximum atomic E-state index is 12.1. The summed E-state index contributed by atoms with van der Waals surface area (Å²) in [6, 6.07) is 2.01. The normalized spacial score (nSPS) is 15.7. The summed E-state index contributed by atoms with van der Waals surface area (Å²) in [5.41, 5.74) is 1.86. The van der Waals surface area contributed by atoms with Gasteiger partial charge in [-0.05, 0) is 25.8 Å². The second-order valence-corrected chi connectivity index (χ2v) is 6.06. The van der Waals surface area contributed by atoms with E-state index in [1.54, 1.807) is 19.5 Å². The van der Waals surface area contributed by atoms with Crippen LogP contribution >= 0.6 is 0 Å². The Bertz CT molecular complexity index is 678. The van der Waals surface area contributed by atoms with E-state index >= 15 is 0 Å². The van der Waals surface area contributed by atoms with Crippen LogP contribution in [0.3, 0.4) is 0 Å². The molecule has 1 aliphatic heterocycles. The Morgan fingerprint density at radius 2 is 2.17 bits per heavy atom. The van der Waals surface area contributed by atoms with Crippen LogP contribution < -0.4 is 0 Å². The van der Waals surface area contributed by atoms with Gasteiger partial charge < -0.3 is 14.6 Å². The summed E-state index contributed by atoms with van der Waals surface area (Å²) >= 11 is 0. The van der Waals surface area contributed by atoms with Crippen molar-refractivity contribution < 1.29 is 9.53 Å². The Kier molecular flexibility index (Phi) is 5.20. The van der Waals surface area contributed by atoms with Gasteiger partial charge in [-0.15, -0.1) is 0 Å². The quantitative estimate of drug-likeness (QED) is 0.906. The molecule has 0 saturated carbocycles. The topological polar surface area (TPSA) is 84.0 Å². The molecule has 1 saturated heterocycles. The molecule has 7 heteroatoms. The van der Waals surface area contributed by atoms with Gasteiger partial charge in [-0.3, -0.25) is 4.79 Å². The summed E-state index contributed by atoms with van der Waals surface area (Å²) in [5, 5.41) is 0. The molecule has 0 unspecified atom stereocenters. The first kappa shape index (κ1) is 16.6. The molecule has 1 amide bonds. The van der Waals surface area contributed by atoms with Crippen LogP contribution in [0, 0.1) is 6.92 Å². The first-order valence-electron chi connectivity index (χ1n) is 8.29. The van der Waals surface area contributed by atoms with E-state index in [2.05, 4.69) is 19.9 Å². The number of methoxy groups -OCH3 is 1. The van der Waals surface area contributed by atoms with Gasteiger partial charge in [0.25, 0.3) is 0 Å². The van der Waals surface area contributed by atoms with Gasteiger partial charge in [0.2, 0.25) is 5.91 Å². The largest absolute Gasteiger partial charge is 0.384 e. The third kappa shape index (κ3) is 3.79. The highest BCUT2D eigenvalue weighted by Gasteiger charge is 2.25. The number of hydrogen-bond acceptors (Lipinski definition) is 5. The Morgan fingerprint density at radius 1 is 1.38 bits per heavy atom. The van der Waals surface area contributed by atoms with Gasteiger partial charge in [0.05, 0.1) is 13.0 Å². The van der Waals surface area contributed by atoms with E-state index < -0.39 is 0 Å². The van der Waals surface area contributed by atoms with Gasteiger partial charge >= 0.3 is 0 Å². The lowest BCUT2D eigenvalue weighted by Crippen LogP contribution is -2.38. The van der Waals surface area contributed by atoms with Crippen molar-refractivity contribution in [3.63, 3.8) is 0 Å². The highest BCUT2D eigenvalue weighted by atomic mass is 16.5. The smallest absolute Gasteiger partial charge is 0.224 e. The molecule has 0 spiro atoms. The van der Waals surface area contributed by atoms with Crippen molar-refractivity contribution >= 4 is 5.91 Å². The minimum atomic E-state index is 0.172. The van der Waals surface area contributed by atoms with Crippen LogP contribution in [0.4, 0.5) is 0 Å². The number of aromatic nitrogens is 4. The summed E-state index contributed by atoms with van der Waals surface area (Å²) in [6.07, 6.45) is 5.81. The highest BCUT2D eigenvalue weighted by Crippen LogP contribution is 2.28. The highest BCUT2D eigenvalue weighted by molar-refractivity contribution is 5.76. The molecule has 0 bridgehead atoms. The number of hydrogen-bond donors (Lipinski definition) is 1. The molecule has 0 atom stereocenters. The summed E-state index contributed by atoms with van der Waals surface area (Å²) in [4.78, 5) is 30.4. The third-order valence-corrected chi connectivity index (χ3v) is 4.38. The third-order valence-electron chi connectivity index (χ3n) is 4.38. The number of aromatic amines is 1. The zero-order valence-electron chi connectivity index (χ0n) is 14.2. The van der Waals surface area contributed by atoms with Crippen molar-refractivity contribution in [1.29, 1.82) is 0 Å². The molecule has 3 heterocycles. The predicted octanol–water partition coefficient (Wildman–Crippen LogP) is 1.92. The predicted molar refractivity (Wildman–Crippen MR) is 89.4 cm³/mol. The summed E-state index contributed by atoms with van der Waals surface area (Å²) in [7, 11) is 1.62. The second kappa shape index (κ2) is 7.53. The lowest BCUT2D eigenvalue weighted by molar-refractivity contribution is -0.133. The van der Waals surface area contributed by atoms with Crippen molar-refractivity contribution in [2.75, 3.05) is 26.8 Å². The van der Waals surface area contributed by atoms with Gasteiger partial charge in [0.1, 0.15) is 11.5 Å². The fourth-order valence-corrected chi connectivity index (χ4v) is 3.10. The number of amides is 1. The van der Waals surface area contributed by atoms with E-state index in [1.807, 2.05) is 17.9 Å². The Hall–Kier alpha value is -2.28. The first-order valence-corrected chi connectivity index (χ1v) is 8.29. The van der Waals surface area contributed by atoms with Crippen LogP contribution in [0.15, 0.2) is 18.5 Å². The van der Waals surface area contributed by atoms with Crippen LogP contribution in [0.1, 0.15) is 36.7 Å². The summed E-state index contributed by atoms with van der Waals surface area (Å²) in [6.45, 7) is 3.93. The molecule has 1 N–H and O–H groups in total. The summed E-state index contributed by atoms with van der Waals surface area (Å²) in [5.74, 6) is 2.03. The SMILES string of the molecule is COCCC(=O)N1CCC(c2cc(-c3ncc[nH]3)nc(C)n2)CC1. The van der Waals surface area contributed by atoms with E-state index in [0.717, 1.165) is 49.0 Å². The number of imidazole rings is 1. The molecular weight excluding hydrogens is 306 g/mol. The number of aryl methyl sites for hydroxylation is 1. The number of carbonyl (C=O) groups is 1. The number of likely N-dealkylation sites (tertiary alicyclic amines) is 1. The minimum Gasteiger partial charge on any atom is -0.384 e. The van der Waals surface area contributed by atoms with Crippen molar-refractivity contribution in [2.24, 2.45) is 0 Å². The van der Waals surface area contributed by atoms with Crippen molar-refractivity contribution in [2.45, 2.75) is 32.1 Å². The van der Waals surface area contributed by atoms with E-state index in [4.69, 9.17) is 4.74 Å². The number of nitrogens with zero attached hydrogens (tertiary/aromatic N) is 4. The molecule has 128 valence electrons. The molecule has 0 aromatic carbocycles. The summed E-state index contributed by atoms with van der Waals surface area (Å²) < 4.78 is 4.98. The molecule has 2 aromatic rings. The van der Waals surface area contributed by atoms with Gasteiger partial charge in [-0.1, -0.05) is 0 Å². The van der Waals surface area contributed by atoms with Crippen LogP contribution in [0.5, 0.6) is 0 Å². The maximum absolute atomic E-state index is 12.1. The number of piperidine rings is 1. The fourth-order valence-electron chi connectivity index (χ4n) is 3.10. The zero-order valence-corrected chi connectivity index (χ0v) is 14.2. The van der Waals surface area contributed by atoms with Crippen LogP contribution in [0.2, 0.25) is 0 Å². The Labute approximate surface area is 141 Å². The number of ether oxygens (including phenoxy) is 1. The lowest BCUT2D eigenvalue weighted by atomic mass is 9.92. The minimum absolute atomic E-state index is 0.172. The number of nitrogens with one attached hydrogen (secondary N) is 1. The van der Waals surface area contributed by atoms with E-state index in [9.17, 15) is 4.79 Å². The standard InChI is InChI=1S/C17H23N5O2/c1-12-20-14(11-15(21-12)17-18-6-7-19-17)13-3-8-22(9-4-13)16(23)5-10-24-2/h6-7,11,13H,3-5,8-10H2,1-2H3,(H,18,19). The van der Waals surface area contributed by atoms with Crippen molar-refractivity contribution in [3.8, 4) is 11.5 Å². The maximum Gasteiger partial charge on any atom is 0.224 e. The zero-order chi connectivity index (χ0) is 16.9. The van der Waals surface area contributed by atoms with Crippen LogP contribution in [-0.2, 0) is 9.53 Å². The Balaban J connectivity index is 1.67. The first-order chi connectivity index (χ1) is 11.7. The average molecular weight is 329 g/mol. The van der Waals surface area contributed by atoms with Gasteiger partial charge in [0, 0.05) is 44.2 Å². The number of carbonyl (C=O) groups excluding carboxylic acids is 1. The van der Waals surface area contributed by atoms with Crippen molar-refractivity contribution in [1.82, 2.24) is 24.8 Å². The molecular formula is C17H23N5O2. The molecule has 0 aliphatic carbocycles. The molecule has 7 nitrogen and oxygen atoms in total. The van der Waals surface area contributed by atoms with E-state index in [-0.39, 0.29) is 5.91 Å². The van der Waals surface area contributed by atoms with Crippen LogP contribution in [-0.4, -0.2) is 57.5 Å². The molecule has 3 rings (SSSR count). The van der Waals surface area contributed by atoms with Gasteiger partial charge in [-0.25, -0.2) is 15.0 Å². The second-order valence-electron chi connectivity index (χ2n) is 6.06. The number of rotatable bonds is 5. The van der Waals surface area contributed by atoms with Crippen molar-refractivity contribution in [3.05, 3.63) is 30.0 Å². The Morgan fingerprint density at radius 3 is 2.83 bits per heavy atom. The lowest BCUT2D eigenvalue weighted by Gasteiger charge is -2.32. The van der Waals surface area contributed by atoms with E-state index in [1.165, 1.54) is 0 Å². The molecule has 0 radical (unpaired) electrons.